The molecule has 0 spiro atoms. The topological polar surface area (TPSA) is 51.8 Å². The number of benzene rings is 2. The van der Waals surface area contributed by atoms with Gasteiger partial charge < -0.3 is 5.73 Å². The first-order valence-corrected chi connectivity index (χ1v) is 5.93. The van der Waals surface area contributed by atoms with Crippen molar-refractivity contribution in [3.8, 4) is 11.4 Å². The molecule has 3 nitrogen and oxygen atoms in total. The van der Waals surface area contributed by atoms with E-state index in [1.165, 1.54) is 12.1 Å². The van der Waals surface area contributed by atoms with E-state index in [0.717, 1.165) is 16.5 Å². The molecule has 0 radical (unpaired) electrons. The van der Waals surface area contributed by atoms with Crippen molar-refractivity contribution in [3.05, 3.63) is 53.8 Å². The fourth-order valence-corrected chi connectivity index (χ4v) is 2.02. The summed E-state index contributed by atoms with van der Waals surface area (Å²) >= 11 is 0. The van der Waals surface area contributed by atoms with Gasteiger partial charge >= 0.3 is 0 Å². The van der Waals surface area contributed by atoms with E-state index >= 15 is 0 Å². The van der Waals surface area contributed by atoms with Crippen molar-refractivity contribution in [2.24, 2.45) is 0 Å². The van der Waals surface area contributed by atoms with Crippen LogP contribution in [0.2, 0.25) is 0 Å². The Morgan fingerprint density at radius 3 is 2.68 bits per heavy atom. The number of nitrogens with two attached hydrogens (primary N) is 1. The van der Waals surface area contributed by atoms with E-state index in [1.807, 2.05) is 25.1 Å². The Morgan fingerprint density at radius 1 is 1.05 bits per heavy atom. The first kappa shape index (κ1) is 11.6. The van der Waals surface area contributed by atoms with Crippen molar-refractivity contribution in [3.63, 3.8) is 0 Å². The summed E-state index contributed by atoms with van der Waals surface area (Å²) < 4.78 is 13.2. The maximum Gasteiger partial charge on any atom is 0.162 e. The van der Waals surface area contributed by atoms with Gasteiger partial charge in [-0.2, -0.15) is 0 Å². The number of hydrogen-bond acceptors (Lipinski definition) is 3. The highest BCUT2D eigenvalue weighted by atomic mass is 19.1. The molecule has 0 fully saturated rings. The van der Waals surface area contributed by atoms with Crippen molar-refractivity contribution in [1.29, 1.82) is 0 Å². The normalized spacial score (nSPS) is 10.8. The average Bonchev–Trinajstić information content (AvgIpc) is 2.39. The minimum atomic E-state index is -0.316. The molecular weight excluding hydrogens is 241 g/mol. The number of aryl methyl sites for hydroxylation is 1. The Balaban J connectivity index is 2.24. The van der Waals surface area contributed by atoms with Crippen LogP contribution in [0.15, 0.2) is 42.5 Å². The molecule has 3 rings (SSSR count). The van der Waals surface area contributed by atoms with Gasteiger partial charge in [-0.25, -0.2) is 14.4 Å². The van der Waals surface area contributed by atoms with Crippen molar-refractivity contribution in [2.75, 3.05) is 5.73 Å². The number of anilines is 1. The van der Waals surface area contributed by atoms with Gasteiger partial charge in [0.15, 0.2) is 5.82 Å². The van der Waals surface area contributed by atoms with Gasteiger partial charge in [0, 0.05) is 10.9 Å². The van der Waals surface area contributed by atoms with Crippen LogP contribution in [0.1, 0.15) is 5.56 Å². The molecule has 0 aliphatic heterocycles. The molecule has 0 saturated carbocycles. The average molecular weight is 253 g/mol. The SMILES string of the molecule is Cc1ccc2nc(-c3cccc(F)c3)nc(N)c2c1. The quantitative estimate of drug-likeness (QED) is 0.723. The predicted molar refractivity (Wildman–Crippen MR) is 74.1 cm³/mol. The Hall–Kier alpha value is -2.49. The van der Waals surface area contributed by atoms with Crippen LogP contribution in [-0.4, -0.2) is 9.97 Å². The molecule has 2 N–H and O–H groups in total. The van der Waals surface area contributed by atoms with Gasteiger partial charge in [-0.15, -0.1) is 0 Å². The van der Waals surface area contributed by atoms with Crippen LogP contribution >= 0.6 is 0 Å². The summed E-state index contributed by atoms with van der Waals surface area (Å²) in [7, 11) is 0. The molecule has 1 aromatic heterocycles. The molecule has 0 atom stereocenters. The summed E-state index contributed by atoms with van der Waals surface area (Å²) in [6, 6.07) is 12.0. The highest BCUT2D eigenvalue weighted by molar-refractivity contribution is 5.90. The summed E-state index contributed by atoms with van der Waals surface area (Å²) in [5.74, 6) is 0.532. The van der Waals surface area contributed by atoms with Crippen LogP contribution in [0.4, 0.5) is 10.2 Å². The summed E-state index contributed by atoms with van der Waals surface area (Å²) in [5.41, 5.74) is 8.44. The zero-order valence-corrected chi connectivity index (χ0v) is 10.4. The Kier molecular flexibility index (Phi) is 2.63. The zero-order valence-electron chi connectivity index (χ0n) is 10.4. The highest BCUT2D eigenvalue weighted by Crippen LogP contribution is 2.24. The lowest BCUT2D eigenvalue weighted by Crippen LogP contribution is -1.98. The fourth-order valence-electron chi connectivity index (χ4n) is 2.02. The lowest BCUT2D eigenvalue weighted by Gasteiger charge is -2.06. The van der Waals surface area contributed by atoms with Crippen LogP contribution in [0.5, 0.6) is 0 Å². The van der Waals surface area contributed by atoms with Crippen LogP contribution in [-0.2, 0) is 0 Å². The number of aromatic nitrogens is 2. The summed E-state index contributed by atoms with van der Waals surface area (Å²) in [6.07, 6.45) is 0. The molecule has 94 valence electrons. The van der Waals surface area contributed by atoms with Gasteiger partial charge in [0.2, 0.25) is 0 Å². The third kappa shape index (κ3) is 2.12. The number of nitrogens with zero attached hydrogens (tertiary/aromatic N) is 2. The maximum absolute atomic E-state index is 13.2. The van der Waals surface area contributed by atoms with Crippen LogP contribution < -0.4 is 5.73 Å². The van der Waals surface area contributed by atoms with E-state index in [4.69, 9.17) is 5.73 Å². The monoisotopic (exact) mass is 253 g/mol. The molecule has 4 heteroatoms. The molecule has 2 aromatic carbocycles. The Labute approximate surface area is 109 Å². The largest absolute Gasteiger partial charge is 0.383 e. The molecule has 0 aliphatic carbocycles. The lowest BCUT2D eigenvalue weighted by atomic mass is 10.1. The smallest absolute Gasteiger partial charge is 0.162 e. The number of rotatable bonds is 1. The summed E-state index contributed by atoms with van der Waals surface area (Å²) in [4.78, 5) is 8.68. The number of halogens is 1. The highest BCUT2D eigenvalue weighted by Gasteiger charge is 2.08. The van der Waals surface area contributed by atoms with Gasteiger partial charge in [-0.3, -0.25) is 0 Å². The number of hydrogen-bond donors (Lipinski definition) is 1. The van der Waals surface area contributed by atoms with Gasteiger partial charge in [0.1, 0.15) is 11.6 Å². The minimum absolute atomic E-state index is 0.316. The van der Waals surface area contributed by atoms with Crippen molar-refractivity contribution in [1.82, 2.24) is 9.97 Å². The molecule has 3 aromatic rings. The van der Waals surface area contributed by atoms with Gasteiger partial charge in [0.25, 0.3) is 0 Å². The second-order valence-corrected chi connectivity index (χ2v) is 4.46. The number of nitrogen functional groups attached to an aromatic ring is 1. The first-order chi connectivity index (χ1) is 9.13. The van der Waals surface area contributed by atoms with Crippen molar-refractivity contribution >= 4 is 16.7 Å². The Morgan fingerprint density at radius 2 is 1.89 bits per heavy atom. The van der Waals surface area contributed by atoms with E-state index in [2.05, 4.69) is 9.97 Å². The van der Waals surface area contributed by atoms with Crippen LogP contribution in [0.3, 0.4) is 0 Å². The molecular formula is C15H12FN3. The van der Waals surface area contributed by atoms with E-state index in [-0.39, 0.29) is 5.82 Å². The molecule has 1 heterocycles. The van der Waals surface area contributed by atoms with Gasteiger partial charge in [-0.05, 0) is 31.2 Å². The lowest BCUT2D eigenvalue weighted by molar-refractivity contribution is 0.628. The minimum Gasteiger partial charge on any atom is -0.383 e. The van der Waals surface area contributed by atoms with Gasteiger partial charge in [0.05, 0.1) is 5.52 Å². The number of fused-ring (bicyclic) bond motifs is 1. The second kappa shape index (κ2) is 4.31. The zero-order chi connectivity index (χ0) is 13.4. The summed E-state index contributed by atoms with van der Waals surface area (Å²) in [6.45, 7) is 1.99. The fraction of sp³-hybridized carbons (Fsp3) is 0.0667. The maximum atomic E-state index is 13.2. The van der Waals surface area contributed by atoms with Crippen LogP contribution in [0.25, 0.3) is 22.3 Å². The van der Waals surface area contributed by atoms with E-state index < -0.39 is 0 Å². The first-order valence-electron chi connectivity index (χ1n) is 5.93. The molecule has 0 amide bonds. The Bertz CT molecular complexity index is 768. The third-order valence-electron chi connectivity index (χ3n) is 2.96. The van der Waals surface area contributed by atoms with E-state index in [1.54, 1.807) is 12.1 Å². The molecule has 0 bridgehead atoms. The standard InChI is InChI=1S/C15H12FN3/c1-9-5-6-13-12(7-9)14(17)19-15(18-13)10-3-2-4-11(16)8-10/h2-8H,1H3,(H2,17,18,19). The summed E-state index contributed by atoms with van der Waals surface area (Å²) in [5, 5.41) is 0.820. The van der Waals surface area contributed by atoms with Gasteiger partial charge in [-0.1, -0.05) is 23.8 Å². The van der Waals surface area contributed by atoms with E-state index in [9.17, 15) is 4.39 Å². The van der Waals surface area contributed by atoms with E-state index in [0.29, 0.717) is 17.2 Å². The van der Waals surface area contributed by atoms with Crippen molar-refractivity contribution < 1.29 is 4.39 Å². The van der Waals surface area contributed by atoms with Crippen molar-refractivity contribution in [2.45, 2.75) is 6.92 Å². The molecule has 0 saturated heterocycles. The molecule has 0 unspecified atom stereocenters. The predicted octanol–water partition coefficient (Wildman–Crippen LogP) is 3.33. The molecule has 19 heavy (non-hydrogen) atoms. The van der Waals surface area contributed by atoms with Crippen LogP contribution in [0, 0.1) is 12.7 Å². The third-order valence-corrected chi connectivity index (χ3v) is 2.96. The second-order valence-electron chi connectivity index (χ2n) is 4.46. The molecule has 0 aliphatic rings.